The molecule has 22 heavy (non-hydrogen) atoms. The van der Waals surface area contributed by atoms with E-state index in [2.05, 4.69) is 32.1 Å². The van der Waals surface area contributed by atoms with Crippen LogP contribution in [0.5, 0.6) is 0 Å². The molecule has 1 aliphatic carbocycles. The van der Waals surface area contributed by atoms with Gasteiger partial charge in [-0.1, -0.05) is 19.9 Å². The standard InChI is InChI=1S/C18H18N2OS/c1-11-4-6-13(21-11)7-5-12-8-14-15(10-19)17(20)22-16(14)18(2,3)9-12/h4-8H,9,20H2,1-3H3. The molecule has 3 nitrogen and oxygen atoms in total. The Hall–Kier alpha value is -2.25. The van der Waals surface area contributed by atoms with Gasteiger partial charge < -0.3 is 10.2 Å². The maximum absolute atomic E-state index is 9.34. The predicted octanol–water partition coefficient (Wildman–Crippen LogP) is 4.88. The summed E-state index contributed by atoms with van der Waals surface area (Å²) in [6.07, 6.45) is 7.04. The van der Waals surface area contributed by atoms with Crippen LogP contribution in [0.1, 0.15) is 47.8 Å². The molecule has 112 valence electrons. The Kier molecular flexibility index (Phi) is 3.46. The van der Waals surface area contributed by atoms with Crippen molar-refractivity contribution < 1.29 is 4.42 Å². The number of nitrogens with two attached hydrogens (primary N) is 1. The first kappa shape index (κ1) is 14.7. The fourth-order valence-electron chi connectivity index (χ4n) is 2.88. The Balaban J connectivity index is 2.02. The molecule has 0 bridgehead atoms. The maximum atomic E-state index is 9.34. The molecule has 0 amide bonds. The third-order valence-corrected chi connectivity index (χ3v) is 5.30. The molecule has 2 aromatic heterocycles. The van der Waals surface area contributed by atoms with Crippen molar-refractivity contribution in [2.24, 2.45) is 0 Å². The number of anilines is 1. The van der Waals surface area contributed by atoms with Gasteiger partial charge in [-0.25, -0.2) is 0 Å². The molecule has 0 atom stereocenters. The van der Waals surface area contributed by atoms with Crippen LogP contribution in [-0.2, 0) is 5.41 Å². The zero-order valence-electron chi connectivity index (χ0n) is 12.9. The number of hydrogen-bond acceptors (Lipinski definition) is 4. The SMILES string of the molecule is Cc1ccc(C=CC2=Cc3c(sc(N)c3C#N)C(C)(C)C2)o1. The topological polar surface area (TPSA) is 63.0 Å². The van der Waals surface area contributed by atoms with E-state index in [-0.39, 0.29) is 5.41 Å². The summed E-state index contributed by atoms with van der Waals surface area (Å²) in [5, 5.41) is 9.96. The van der Waals surface area contributed by atoms with Gasteiger partial charge in [-0.3, -0.25) is 0 Å². The fourth-order valence-corrected chi connectivity index (χ4v) is 3.98. The molecule has 0 aromatic carbocycles. The quantitative estimate of drug-likeness (QED) is 0.859. The Morgan fingerprint density at radius 1 is 1.36 bits per heavy atom. The van der Waals surface area contributed by atoms with Gasteiger partial charge >= 0.3 is 0 Å². The fraction of sp³-hybridized carbons (Fsp3) is 0.278. The van der Waals surface area contributed by atoms with Crippen molar-refractivity contribution in [2.45, 2.75) is 32.6 Å². The van der Waals surface area contributed by atoms with Crippen molar-refractivity contribution in [3.05, 3.63) is 51.3 Å². The Bertz CT molecular complexity index is 828. The van der Waals surface area contributed by atoms with E-state index in [0.717, 1.165) is 23.5 Å². The zero-order valence-corrected chi connectivity index (χ0v) is 13.8. The van der Waals surface area contributed by atoms with Gasteiger partial charge in [-0.15, -0.1) is 11.3 Å². The molecule has 0 saturated heterocycles. The number of fused-ring (bicyclic) bond motifs is 1. The molecule has 2 heterocycles. The first-order valence-corrected chi connectivity index (χ1v) is 8.00. The summed E-state index contributed by atoms with van der Waals surface area (Å²) in [5.74, 6) is 1.74. The average molecular weight is 310 g/mol. The van der Waals surface area contributed by atoms with Crippen molar-refractivity contribution in [1.29, 1.82) is 5.26 Å². The Morgan fingerprint density at radius 3 is 2.77 bits per heavy atom. The molecule has 2 aromatic rings. The Morgan fingerprint density at radius 2 is 2.14 bits per heavy atom. The van der Waals surface area contributed by atoms with Crippen molar-refractivity contribution in [3.8, 4) is 6.07 Å². The lowest BCUT2D eigenvalue weighted by Crippen LogP contribution is -2.20. The number of nitrogen functional groups attached to an aromatic ring is 1. The third kappa shape index (κ3) is 2.49. The van der Waals surface area contributed by atoms with E-state index in [0.29, 0.717) is 10.6 Å². The second-order valence-corrected chi connectivity index (χ2v) is 7.31. The number of nitriles is 1. The van der Waals surface area contributed by atoms with Crippen LogP contribution in [0, 0.1) is 18.3 Å². The Labute approximate surface area is 134 Å². The molecule has 1 aliphatic rings. The normalized spacial score (nSPS) is 16.4. The lowest BCUT2D eigenvalue weighted by Gasteiger charge is -2.29. The molecule has 0 radical (unpaired) electrons. The van der Waals surface area contributed by atoms with Crippen LogP contribution in [0.15, 0.2) is 28.2 Å². The highest BCUT2D eigenvalue weighted by Crippen LogP contribution is 2.46. The van der Waals surface area contributed by atoms with E-state index < -0.39 is 0 Å². The summed E-state index contributed by atoms with van der Waals surface area (Å²) in [4.78, 5) is 1.20. The van der Waals surface area contributed by atoms with Crippen LogP contribution in [0.3, 0.4) is 0 Å². The van der Waals surface area contributed by atoms with Crippen molar-refractivity contribution in [2.75, 3.05) is 5.73 Å². The zero-order chi connectivity index (χ0) is 15.9. The van der Waals surface area contributed by atoms with Crippen molar-refractivity contribution in [3.63, 3.8) is 0 Å². The van der Waals surface area contributed by atoms with Gasteiger partial charge in [-0.05, 0) is 43.2 Å². The van der Waals surface area contributed by atoms with Gasteiger partial charge in [0, 0.05) is 15.9 Å². The smallest absolute Gasteiger partial charge is 0.127 e. The van der Waals surface area contributed by atoms with E-state index in [1.165, 1.54) is 21.8 Å². The van der Waals surface area contributed by atoms with Crippen LogP contribution >= 0.6 is 11.3 Å². The number of nitrogens with zero attached hydrogens (tertiary/aromatic N) is 1. The number of aryl methyl sites for hydroxylation is 1. The number of rotatable bonds is 2. The first-order valence-electron chi connectivity index (χ1n) is 7.18. The minimum atomic E-state index is -0.0171. The molecule has 0 aliphatic heterocycles. The van der Waals surface area contributed by atoms with Gasteiger partial charge in [0.15, 0.2) is 0 Å². The summed E-state index contributed by atoms with van der Waals surface area (Å²) in [6, 6.07) is 6.14. The highest BCUT2D eigenvalue weighted by Gasteiger charge is 2.32. The van der Waals surface area contributed by atoms with Crippen LogP contribution < -0.4 is 5.73 Å². The summed E-state index contributed by atoms with van der Waals surface area (Å²) in [5.41, 5.74) is 8.75. The summed E-state index contributed by atoms with van der Waals surface area (Å²) >= 11 is 1.54. The van der Waals surface area contributed by atoms with E-state index >= 15 is 0 Å². The summed E-state index contributed by atoms with van der Waals surface area (Å²) in [6.45, 7) is 6.32. The molecule has 0 saturated carbocycles. The summed E-state index contributed by atoms with van der Waals surface area (Å²) < 4.78 is 5.56. The van der Waals surface area contributed by atoms with Crippen molar-refractivity contribution >= 4 is 28.5 Å². The number of allylic oxidation sites excluding steroid dienone is 2. The predicted molar refractivity (Wildman–Crippen MR) is 91.5 cm³/mol. The minimum Gasteiger partial charge on any atom is -0.462 e. The first-order chi connectivity index (χ1) is 10.4. The van der Waals surface area contributed by atoms with E-state index in [9.17, 15) is 5.26 Å². The number of thiophene rings is 1. The van der Waals surface area contributed by atoms with Gasteiger partial charge in [0.1, 0.15) is 22.6 Å². The average Bonchev–Trinajstić information content (AvgIpc) is 2.99. The van der Waals surface area contributed by atoms with Gasteiger partial charge in [-0.2, -0.15) is 5.26 Å². The monoisotopic (exact) mass is 310 g/mol. The minimum absolute atomic E-state index is 0.0171. The maximum Gasteiger partial charge on any atom is 0.127 e. The van der Waals surface area contributed by atoms with E-state index in [1.807, 2.05) is 25.1 Å². The molecule has 2 N–H and O–H groups in total. The number of furan rings is 1. The van der Waals surface area contributed by atoms with Gasteiger partial charge in [0.25, 0.3) is 0 Å². The van der Waals surface area contributed by atoms with Crippen LogP contribution in [-0.4, -0.2) is 0 Å². The third-order valence-electron chi connectivity index (χ3n) is 3.90. The highest BCUT2D eigenvalue weighted by atomic mass is 32.1. The molecule has 0 spiro atoms. The largest absolute Gasteiger partial charge is 0.462 e. The lowest BCUT2D eigenvalue weighted by atomic mass is 9.77. The highest BCUT2D eigenvalue weighted by molar-refractivity contribution is 7.16. The van der Waals surface area contributed by atoms with Crippen LogP contribution in [0.2, 0.25) is 0 Å². The number of hydrogen-bond donors (Lipinski definition) is 1. The molecule has 3 rings (SSSR count). The molecular formula is C18H18N2OS. The van der Waals surface area contributed by atoms with Crippen LogP contribution in [0.4, 0.5) is 5.00 Å². The van der Waals surface area contributed by atoms with Crippen LogP contribution in [0.25, 0.3) is 12.2 Å². The van der Waals surface area contributed by atoms with Gasteiger partial charge in [0.05, 0.1) is 5.56 Å². The van der Waals surface area contributed by atoms with Gasteiger partial charge in [0.2, 0.25) is 0 Å². The van der Waals surface area contributed by atoms with E-state index in [1.54, 1.807) is 0 Å². The second kappa shape index (κ2) is 5.19. The second-order valence-electron chi connectivity index (χ2n) is 6.26. The summed E-state index contributed by atoms with van der Waals surface area (Å²) in [7, 11) is 0. The van der Waals surface area contributed by atoms with Crippen molar-refractivity contribution in [1.82, 2.24) is 0 Å². The molecular weight excluding hydrogens is 292 g/mol. The molecule has 0 unspecified atom stereocenters. The molecule has 4 heteroatoms. The lowest BCUT2D eigenvalue weighted by molar-refractivity contribution is 0.523. The van der Waals surface area contributed by atoms with E-state index in [4.69, 9.17) is 10.2 Å². The molecule has 0 fully saturated rings.